The molecule has 2 rings (SSSR count). The third-order valence-corrected chi connectivity index (χ3v) is 5.85. The number of fused-ring (bicyclic) bond motifs is 1. The molecule has 0 amide bonds. The summed E-state index contributed by atoms with van der Waals surface area (Å²) in [5, 5.41) is 0. The SMILES string of the molecule is CCCS(=O)(=O)N1C[C@@H]2CCCN2C[C@H]1C. The lowest BCUT2D eigenvalue weighted by Gasteiger charge is -2.41. The fourth-order valence-corrected chi connectivity index (χ4v) is 4.69. The van der Waals surface area contributed by atoms with Crippen LogP contribution in [0.15, 0.2) is 0 Å². The van der Waals surface area contributed by atoms with Gasteiger partial charge in [0.1, 0.15) is 0 Å². The summed E-state index contributed by atoms with van der Waals surface area (Å²) in [6.45, 7) is 6.73. The van der Waals surface area contributed by atoms with Crippen LogP contribution in [-0.2, 0) is 10.0 Å². The number of hydrogen-bond donors (Lipinski definition) is 0. The fraction of sp³-hybridized carbons (Fsp3) is 1.00. The van der Waals surface area contributed by atoms with E-state index in [2.05, 4.69) is 4.90 Å². The lowest BCUT2D eigenvalue weighted by molar-refractivity contribution is 0.117. The van der Waals surface area contributed by atoms with Crippen LogP contribution in [0.25, 0.3) is 0 Å². The van der Waals surface area contributed by atoms with Gasteiger partial charge < -0.3 is 0 Å². The van der Waals surface area contributed by atoms with Crippen molar-refractivity contribution < 1.29 is 8.42 Å². The summed E-state index contributed by atoms with van der Waals surface area (Å²) in [4.78, 5) is 2.45. The molecular weight excluding hydrogens is 224 g/mol. The van der Waals surface area contributed by atoms with Crippen LogP contribution in [0.1, 0.15) is 33.1 Å². The van der Waals surface area contributed by atoms with Gasteiger partial charge in [0.05, 0.1) is 5.75 Å². The second-order valence-corrected chi connectivity index (χ2v) is 7.07. The number of hydrogen-bond acceptors (Lipinski definition) is 3. The monoisotopic (exact) mass is 246 g/mol. The van der Waals surface area contributed by atoms with Gasteiger partial charge in [0.2, 0.25) is 10.0 Å². The van der Waals surface area contributed by atoms with Crippen LogP contribution in [0.4, 0.5) is 0 Å². The molecule has 2 fully saturated rings. The first-order valence-electron chi connectivity index (χ1n) is 6.28. The van der Waals surface area contributed by atoms with Crippen molar-refractivity contribution in [3.8, 4) is 0 Å². The molecule has 0 radical (unpaired) electrons. The average Bonchev–Trinajstić information content (AvgIpc) is 2.63. The third kappa shape index (κ3) is 2.26. The smallest absolute Gasteiger partial charge is 0.214 e. The summed E-state index contributed by atoms with van der Waals surface area (Å²) >= 11 is 0. The van der Waals surface area contributed by atoms with E-state index in [0.717, 1.165) is 19.5 Å². The quantitative estimate of drug-likeness (QED) is 0.743. The summed E-state index contributed by atoms with van der Waals surface area (Å²) in [5.41, 5.74) is 0. The van der Waals surface area contributed by atoms with Crippen LogP contribution in [0, 0.1) is 0 Å². The Labute approximate surface area is 98.7 Å². The Bertz CT molecular complexity index is 342. The number of piperazine rings is 1. The summed E-state index contributed by atoms with van der Waals surface area (Å²) in [6.07, 6.45) is 3.09. The zero-order valence-corrected chi connectivity index (χ0v) is 11.0. The molecule has 2 saturated heterocycles. The highest BCUT2D eigenvalue weighted by Gasteiger charge is 2.39. The molecule has 0 aromatic carbocycles. The van der Waals surface area contributed by atoms with E-state index in [1.165, 1.54) is 6.42 Å². The second-order valence-electron chi connectivity index (χ2n) is 5.03. The van der Waals surface area contributed by atoms with Gasteiger partial charge in [0.15, 0.2) is 0 Å². The van der Waals surface area contributed by atoms with Gasteiger partial charge in [-0.2, -0.15) is 4.31 Å². The first-order chi connectivity index (χ1) is 7.54. The van der Waals surface area contributed by atoms with E-state index >= 15 is 0 Å². The topological polar surface area (TPSA) is 40.6 Å². The van der Waals surface area contributed by atoms with Crippen molar-refractivity contribution in [2.24, 2.45) is 0 Å². The molecule has 0 spiro atoms. The minimum absolute atomic E-state index is 0.144. The van der Waals surface area contributed by atoms with Crippen molar-refractivity contribution in [1.29, 1.82) is 0 Å². The minimum Gasteiger partial charge on any atom is -0.297 e. The lowest BCUT2D eigenvalue weighted by Crippen LogP contribution is -2.57. The summed E-state index contributed by atoms with van der Waals surface area (Å²) in [7, 11) is -3.01. The van der Waals surface area contributed by atoms with Crippen LogP contribution in [0.3, 0.4) is 0 Å². The maximum atomic E-state index is 12.1. The molecule has 0 N–H and O–H groups in total. The van der Waals surface area contributed by atoms with Gasteiger partial charge >= 0.3 is 0 Å². The molecule has 2 atom stereocenters. The predicted octanol–water partition coefficient (Wildman–Crippen LogP) is 0.895. The zero-order chi connectivity index (χ0) is 11.8. The average molecular weight is 246 g/mol. The molecule has 4 nitrogen and oxygen atoms in total. The minimum atomic E-state index is -3.01. The Morgan fingerprint density at radius 3 is 2.75 bits per heavy atom. The highest BCUT2D eigenvalue weighted by molar-refractivity contribution is 7.89. The van der Waals surface area contributed by atoms with Crippen LogP contribution < -0.4 is 0 Å². The molecule has 2 aliphatic rings. The van der Waals surface area contributed by atoms with E-state index in [-0.39, 0.29) is 6.04 Å². The van der Waals surface area contributed by atoms with E-state index in [0.29, 0.717) is 24.8 Å². The van der Waals surface area contributed by atoms with Crippen molar-refractivity contribution in [2.75, 3.05) is 25.4 Å². The van der Waals surface area contributed by atoms with Crippen molar-refractivity contribution >= 4 is 10.0 Å². The largest absolute Gasteiger partial charge is 0.297 e. The molecule has 0 unspecified atom stereocenters. The van der Waals surface area contributed by atoms with E-state index in [1.54, 1.807) is 4.31 Å². The molecule has 2 aliphatic heterocycles. The van der Waals surface area contributed by atoms with E-state index in [1.807, 2.05) is 13.8 Å². The van der Waals surface area contributed by atoms with Gasteiger partial charge in [0.25, 0.3) is 0 Å². The van der Waals surface area contributed by atoms with Crippen molar-refractivity contribution in [3.05, 3.63) is 0 Å². The van der Waals surface area contributed by atoms with Gasteiger partial charge in [0, 0.05) is 25.2 Å². The Hall–Kier alpha value is -0.130. The standard InChI is InChI=1S/C11H22N2O2S/c1-3-7-16(14,15)13-9-11-5-4-6-12(11)8-10(13)2/h10-11H,3-9H2,1-2H3/t10-,11+/m1/s1. The Morgan fingerprint density at radius 2 is 2.06 bits per heavy atom. The molecule has 16 heavy (non-hydrogen) atoms. The number of rotatable bonds is 3. The molecule has 5 heteroatoms. The summed E-state index contributed by atoms with van der Waals surface area (Å²) in [6, 6.07) is 0.619. The molecule has 0 aliphatic carbocycles. The van der Waals surface area contributed by atoms with Crippen LogP contribution in [-0.4, -0.2) is 55.1 Å². The molecule has 0 saturated carbocycles. The Morgan fingerprint density at radius 1 is 1.31 bits per heavy atom. The first-order valence-corrected chi connectivity index (χ1v) is 7.89. The fourth-order valence-electron chi connectivity index (χ4n) is 2.92. The number of nitrogens with zero attached hydrogens (tertiary/aromatic N) is 2. The summed E-state index contributed by atoms with van der Waals surface area (Å²) < 4.78 is 25.9. The molecule has 94 valence electrons. The number of sulfonamides is 1. The van der Waals surface area contributed by atoms with Crippen molar-refractivity contribution in [1.82, 2.24) is 9.21 Å². The van der Waals surface area contributed by atoms with E-state index in [9.17, 15) is 8.42 Å². The predicted molar refractivity (Wildman–Crippen MR) is 64.8 cm³/mol. The zero-order valence-electron chi connectivity index (χ0n) is 10.2. The summed E-state index contributed by atoms with van der Waals surface area (Å²) in [5.74, 6) is 0.296. The highest BCUT2D eigenvalue weighted by atomic mass is 32.2. The normalized spacial score (nSPS) is 32.9. The van der Waals surface area contributed by atoms with Crippen molar-refractivity contribution in [3.63, 3.8) is 0 Å². The molecular formula is C11H22N2O2S. The first kappa shape index (κ1) is 12.3. The molecule has 0 aromatic heterocycles. The van der Waals surface area contributed by atoms with E-state index < -0.39 is 10.0 Å². The maximum Gasteiger partial charge on any atom is 0.214 e. The van der Waals surface area contributed by atoms with Gasteiger partial charge in [-0.15, -0.1) is 0 Å². The van der Waals surface area contributed by atoms with E-state index in [4.69, 9.17) is 0 Å². The van der Waals surface area contributed by atoms with Gasteiger partial charge in [-0.1, -0.05) is 6.92 Å². The van der Waals surface area contributed by atoms with Gasteiger partial charge in [-0.25, -0.2) is 8.42 Å². The van der Waals surface area contributed by atoms with Gasteiger partial charge in [-0.05, 0) is 32.7 Å². The Kier molecular flexibility index (Phi) is 3.56. The molecule has 0 bridgehead atoms. The molecule has 2 heterocycles. The maximum absolute atomic E-state index is 12.1. The van der Waals surface area contributed by atoms with Crippen molar-refractivity contribution in [2.45, 2.75) is 45.2 Å². The van der Waals surface area contributed by atoms with Crippen LogP contribution in [0.5, 0.6) is 0 Å². The molecule has 0 aromatic rings. The van der Waals surface area contributed by atoms with Crippen LogP contribution in [0.2, 0.25) is 0 Å². The Balaban J connectivity index is 2.10. The van der Waals surface area contributed by atoms with Gasteiger partial charge in [-0.3, -0.25) is 4.90 Å². The second kappa shape index (κ2) is 4.63. The highest BCUT2D eigenvalue weighted by Crippen LogP contribution is 2.26. The third-order valence-electron chi connectivity index (χ3n) is 3.70. The van der Waals surface area contributed by atoms with Crippen LogP contribution >= 0.6 is 0 Å². The lowest BCUT2D eigenvalue weighted by atomic mass is 10.1.